The number of hydrogen-bond acceptors (Lipinski definition) is 3. The highest BCUT2D eigenvalue weighted by Gasteiger charge is 2.19. The molecular weight excluding hydrogens is 234 g/mol. The molecule has 0 bridgehead atoms. The minimum absolute atomic E-state index is 0.0684. The van der Waals surface area contributed by atoms with Crippen LogP contribution in [-0.4, -0.2) is 11.0 Å². The lowest BCUT2D eigenvalue weighted by molar-refractivity contribution is -0.384. The van der Waals surface area contributed by atoms with Gasteiger partial charge in [-0.25, -0.2) is 4.79 Å². The third-order valence-corrected chi connectivity index (χ3v) is 2.24. The van der Waals surface area contributed by atoms with E-state index in [0.717, 1.165) is 0 Å². The summed E-state index contributed by atoms with van der Waals surface area (Å²) in [6.45, 7) is 0. The number of nitro groups is 1. The number of anilines is 1. The van der Waals surface area contributed by atoms with Gasteiger partial charge in [0.25, 0.3) is 5.69 Å². The number of hydrogen-bond donors (Lipinski definition) is 2. The number of rotatable bonds is 3. The second-order valence-electron chi connectivity index (χ2n) is 3.56. The van der Waals surface area contributed by atoms with E-state index in [4.69, 9.17) is 0 Å². The van der Waals surface area contributed by atoms with Gasteiger partial charge in [-0.3, -0.25) is 10.1 Å². The van der Waals surface area contributed by atoms with Crippen molar-refractivity contribution in [3.63, 3.8) is 0 Å². The van der Waals surface area contributed by atoms with Gasteiger partial charge >= 0.3 is 6.03 Å². The Morgan fingerprint density at radius 3 is 2.56 bits per heavy atom. The highest BCUT2D eigenvalue weighted by Crippen LogP contribution is 2.20. The summed E-state index contributed by atoms with van der Waals surface area (Å²) in [5.74, 6) is 0. The Balaban J connectivity index is 1.93. The molecule has 0 aromatic heterocycles. The van der Waals surface area contributed by atoms with Crippen molar-refractivity contribution in [1.29, 1.82) is 0 Å². The van der Waals surface area contributed by atoms with Crippen LogP contribution >= 0.6 is 0 Å². The summed E-state index contributed by atoms with van der Waals surface area (Å²) in [7, 11) is 0. The van der Waals surface area contributed by atoms with Gasteiger partial charge < -0.3 is 10.6 Å². The van der Waals surface area contributed by atoms with Gasteiger partial charge in [0.15, 0.2) is 0 Å². The molecule has 1 fully saturated rings. The van der Waals surface area contributed by atoms with Crippen molar-refractivity contribution in [3.05, 3.63) is 66.1 Å². The fourth-order valence-electron chi connectivity index (χ4n) is 1.45. The van der Waals surface area contributed by atoms with Crippen molar-refractivity contribution in [3.8, 4) is 0 Å². The largest absolute Gasteiger partial charge is 0.329 e. The van der Waals surface area contributed by atoms with Crippen LogP contribution in [0.2, 0.25) is 0 Å². The Labute approximate surface area is 105 Å². The third kappa shape index (κ3) is 3.19. The van der Waals surface area contributed by atoms with Gasteiger partial charge in [0.1, 0.15) is 0 Å². The van der Waals surface area contributed by atoms with Crippen molar-refractivity contribution >= 4 is 17.4 Å². The molecule has 18 heavy (non-hydrogen) atoms. The van der Waals surface area contributed by atoms with Gasteiger partial charge in [0.05, 0.1) is 11.0 Å². The minimum atomic E-state index is -0.514. The molecule has 1 aromatic rings. The van der Waals surface area contributed by atoms with Crippen molar-refractivity contribution in [2.75, 3.05) is 5.32 Å². The molecule has 1 aromatic carbocycles. The maximum absolute atomic E-state index is 11.6. The molecule has 1 saturated carbocycles. The summed E-state index contributed by atoms with van der Waals surface area (Å²) in [5.41, 5.74) is 0.300. The molecule has 5 radical (unpaired) electrons. The average Bonchev–Trinajstić information content (AvgIpc) is 2.82. The fourth-order valence-corrected chi connectivity index (χ4v) is 1.45. The quantitative estimate of drug-likeness (QED) is 0.630. The van der Waals surface area contributed by atoms with E-state index in [1.54, 1.807) is 31.7 Å². The summed E-state index contributed by atoms with van der Waals surface area (Å²) in [5, 5.41) is 15.7. The van der Waals surface area contributed by atoms with Gasteiger partial charge in [-0.2, -0.15) is 0 Å². The van der Waals surface area contributed by atoms with Crippen molar-refractivity contribution in [2.24, 2.45) is 0 Å². The van der Waals surface area contributed by atoms with Crippen LogP contribution in [0.25, 0.3) is 0 Å². The summed E-state index contributed by atoms with van der Waals surface area (Å²) in [6.07, 6.45) is 7.08. The SMILES string of the molecule is O=C(N[C]1[CH][CH][CH][CH]1)Nc1cccc([N+](=O)[O-])c1. The van der Waals surface area contributed by atoms with E-state index in [1.807, 2.05) is 0 Å². The number of nitro benzene ring substituents is 1. The lowest BCUT2D eigenvalue weighted by Gasteiger charge is -2.11. The second-order valence-corrected chi connectivity index (χ2v) is 3.56. The van der Waals surface area contributed by atoms with Gasteiger partial charge in [0.2, 0.25) is 0 Å². The Morgan fingerprint density at radius 1 is 1.17 bits per heavy atom. The van der Waals surface area contributed by atoms with Gasteiger partial charge in [-0.15, -0.1) is 0 Å². The van der Waals surface area contributed by atoms with Crippen LogP contribution in [-0.2, 0) is 0 Å². The van der Waals surface area contributed by atoms with Crippen LogP contribution in [0.15, 0.2) is 24.3 Å². The highest BCUT2D eigenvalue weighted by atomic mass is 16.6. The molecule has 2 rings (SSSR count). The maximum Gasteiger partial charge on any atom is 0.319 e. The predicted molar refractivity (Wildman–Crippen MR) is 65.7 cm³/mol. The van der Waals surface area contributed by atoms with E-state index in [9.17, 15) is 14.9 Å². The van der Waals surface area contributed by atoms with Crippen LogP contribution in [0, 0.1) is 41.8 Å². The molecule has 0 saturated heterocycles. The number of amides is 2. The average molecular weight is 244 g/mol. The molecule has 91 valence electrons. The molecule has 0 spiro atoms. The van der Waals surface area contributed by atoms with Gasteiger partial charge in [-0.1, -0.05) is 6.07 Å². The second kappa shape index (κ2) is 5.48. The Hall–Kier alpha value is -2.11. The number of nitrogens with zero attached hydrogens (tertiary/aromatic N) is 1. The molecule has 6 nitrogen and oxygen atoms in total. The highest BCUT2D eigenvalue weighted by molar-refractivity contribution is 5.91. The molecule has 2 amide bonds. The minimum Gasteiger partial charge on any atom is -0.329 e. The lowest BCUT2D eigenvalue weighted by atomic mass is 10.2. The Kier molecular flexibility index (Phi) is 3.76. The molecule has 1 aliphatic carbocycles. The lowest BCUT2D eigenvalue weighted by Crippen LogP contribution is -2.31. The summed E-state index contributed by atoms with van der Waals surface area (Å²) in [4.78, 5) is 21.6. The Morgan fingerprint density at radius 2 is 1.89 bits per heavy atom. The molecule has 1 aliphatic rings. The van der Waals surface area contributed by atoms with Crippen LogP contribution < -0.4 is 10.6 Å². The number of non-ortho nitro benzene ring substituents is 1. The van der Waals surface area contributed by atoms with E-state index in [-0.39, 0.29) is 5.69 Å². The number of urea groups is 1. The first kappa shape index (κ1) is 12.3. The van der Waals surface area contributed by atoms with Gasteiger partial charge in [-0.05, 0) is 31.7 Å². The van der Waals surface area contributed by atoms with Crippen LogP contribution in [0.4, 0.5) is 16.2 Å². The van der Waals surface area contributed by atoms with E-state index in [2.05, 4.69) is 10.6 Å². The predicted octanol–water partition coefficient (Wildman–Crippen LogP) is 2.08. The van der Waals surface area contributed by atoms with Crippen LogP contribution in [0.5, 0.6) is 0 Å². The zero-order valence-corrected chi connectivity index (χ0v) is 9.29. The number of carbonyl (C=O) groups excluding carboxylic acids is 1. The first-order chi connectivity index (χ1) is 8.65. The summed E-state index contributed by atoms with van der Waals surface area (Å²) in [6, 6.07) is 5.97. The first-order valence-corrected chi connectivity index (χ1v) is 5.19. The summed E-state index contributed by atoms with van der Waals surface area (Å²) < 4.78 is 0. The number of carbonyl (C=O) groups is 1. The van der Waals surface area contributed by atoms with Gasteiger partial charge in [0, 0.05) is 17.8 Å². The van der Waals surface area contributed by atoms with Crippen LogP contribution in [0.1, 0.15) is 0 Å². The number of benzene rings is 1. The van der Waals surface area contributed by atoms with E-state index in [0.29, 0.717) is 11.7 Å². The van der Waals surface area contributed by atoms with E-state index < -0.39 is 11.0 Å². The molecule has 2 N–H and O–H groups in total. The van der Waals surface area contributed by atoms with Crippen molar-refractivity contribution in [1.82, 2.24) is 5.32 Å². The first-order valence-electron chi connectivity index (χ1n) is 5.19. The van der Waals surface area contributed by atoms with Crippen LogP contribution in [0.3, 0.4) is 0 Å². The molecule has 0 unspecified atom stereocenters. The maximum atomic E-state index is 11.6. The molecule has 6 heteroatoms. The van der Waals surface area contributed by atoms with E-state index in [1.165, 1.54) is 18.2 Å². The molecular formula is C12H10N3O3. The van der Waals surface area contributed by atoms with E-state index >= 15 is 0 Å². The molecule has 0 aliphatic heterocycles. The van der Waals surface area contributed by atoms with Crippen molar-refractivity contribution in [2.45, 2.75) is 0 Å². The third-order valence-electron chi connectivity index (χ3n) is 2.24. The fraction of sp³-hybridized carbons (Fsp3) is 0. The zero-order valence-electron chi connectivity index (χ0n) is 9.29. The zero-order chi connectivity index (χ0) is 13.0. The number of nitrogens with one attached hydrogen (secondary N) is 2. The topological polar surface area (TPSA) is 84.3 Å². The summed E-state index contributed by atoms with van der Waals surface area (Å²) >= 11 is 0. The standard InChI is InChI=1S/C12H10N3O3/c16-12(13-9-4-1-2-5-9)14-10-6-3-7-11(8-10)15(17)18/h1-8H,(H2,13,14,16). The molecule has 0 atom stereocenters. The Bertz CT molecular complexity index is 456. The molecule has 0 heterocycles. The normalized spacial score (nSPS) is 15.3. The van der Waals surface area contributed by atoms with Crippen molar-refractivity contribution < 1.29 is 9.72 Å². The monoisotopic (exact) mass is 244 g/mol. The smallest absolute Gasteiger partial charge is 0.319 e.